The average molecular weight is 304 g/mol. The van der Waals surface area contributed by atoms with Gasteiger partial charge in [0.15, 0.2) is 0 Å². The molecule has 0 saturated carbocycles. The van der Waals surface area contributed by atoms with Crippen molar-refractivity contribution in [3.05, 3.63) is 40.4 Å². The Morgan fingerprint density at radius 3 is 2.60 bits per heavy atom. The number of anilines is 1. The monoisotopic (exact) mass is 303 g/mol. The summed E-state index contributed by atoms with van der Waals surface area (Å²) in [5.41, 5.74) is 3.57. The largest absolute Gasteiger partial charge is 0.357 e. The van der Waals surface area contributed by atoms with Crippen molar-refractivity contribution in [1.29, 1.82) is 0 Å². The van der Waals surface area contributed by atoms with E-state index >= 15 is 0 Å². The molecule has 0 aliphatic heterocycles. The Morgan fingerprint density at radius 1 is 1.20 bits per heavy atom. The number of hydrogen-bond donors (Lipinski definition) is 1. The summed E-state index contributed by atoms with van der Waals surface area (Å²) in [5, 5.41) is 6.44. The number of fused-ring (bicyclic) bond motifs is 1. The van der Waals surface area contributed by atoms with Gasteiger partial charge in [-0.1, -0.05) is 42.8 Å². The molecule has 0 spiro atoms. The van der Waals surface area contributed by atoms with E-state index in [4.69, 9.17) is 11.6 Å². The van der Waals surface area contributed by atoms with Crippen molar-refractivity contribution < 1.29 is 0 Å². The van der Waals surface area contributed by atoms with Gasteiger partial charge in [-0.3, -0.25) is 0 Å². The maximum absolute atomic E-state index is 6.31. The standard InChI is InChI=1S/C15H14ClN3S/c1-3-9-4-6-10(7-5-9)11-8-20-14-12(11)13(16)18-15(17-2)19-14/h4-8H,3H2,1-2H3,(H,17,18,19). The highest BCUT2D eigenvalue weighted by Crippen LogP contribution is 2.37. The molecule has 1 N–H and O–H groups in total. The molecule has 3 aromatic rings. The Bertz CT molecular complexity index is 750. The third-order valence-corrected chi connectivity index (χ3v) is 4.43. The molecule has 0 aliphatic carbocycles. The molecule has 102 valence electrons. The summed E-state index contributed by atoms with van der Waals surface area (Å²) in [4.78, 5) is 9.61. The van der Waals surface area contributed by atoms with Crippen LogP contribution in [-0.2, 0) is 6.42 Å². The number of halogens is 1. The lowest BCUT2D eigenvalue weighted by atomic mass is 10.0. The van der Waals surface area contributed by atoms with Gasteiger partial charge in [0, 0.05) is 18.0 Å². The van der Waals surface area contributed by atoms with Crippen LogP contribution in [-0.4, -0.2) is 17.0 Å². The first kappa shape index (κ1) is 13.3. The van der Waals surface area contributed by atoms with E-state index in [-0.39, 0.29) is 0 Å². The van der Waals surface area contributed by atoms with E-state index < -0.39 is 0 Å². The molecule has 20 heavy (non-hydrogen) atoms. The van der Waals surface area contributed by atoms with E-state index in [2.05, 4.69) is 51.9 Å². The van der Waals surface area contributed by atoms with Crippen LogP contribution in [0.4, 0.5) is 5.95 Å². The summed E-state index contributed by atoms with van der Waals surface area (Å²) in [6.07, 6.45) is 1.04. The van der Waals surface area contributed by atoms with Gasteiger partial charge in [0.25, 0.3) is 0 Å². The van der Waals surface area contributed by atoms with Crippen LogP contribution < -0.4 is 5.32 Å². The highest BCUT2D eigenvalue weighted by Gasteiger charge is 2.13. The van der Waals surface area contributed by atoms with Gasteiger partial charge in [-0.05, 0) is 17.5 Å². The maximum atomic E-state index is 6.31. The molecule has 0 saturated heterocycles. The molecule has 5 heteroatoms. The normalized spacial score (nSPS) is 10.9. The Kier molecular flexibility index (Phi) is 3.59. The number of nitrogens with one attached hydrogen (secondary N) is 1. The van der Waals surface area contributed by atoms with Gasteiger partial charge in [-0.2, -0.15) is 0 Å². The van der Waals surface area contributed by atoms with E-state index in [0.717, 1.165) is 27.8 Å². The van der Waals surface area contributed by atoms with Crippen LogP contribution in [0.15, 0.2) is 29.6 Å². The van der Waals surface area contributed by atoms with Gasteiger partial charge in [-0.25, -0.2) is 9.97 Å². The molecule has 0 amide bonds. The first-order chi connectivity index (χ1) is 9.72. The van der Waals surface area contributed by atoms with Crippen molar-refractivity contribution in [1.82, 2.24) is 9.97 Å². The number of aromatic nitrogens is 2. The van der Waals surface area contributed by atoms with Gasteiger partial charge in [0.2, 0.25) is 5.95 Å². The minimum atomic E-state index is 0.496. The summed E-state index contributed by atoms with van der Waals surface area (Å²) in [6.45, 7) is 2.15. The van der Waals surface area contributed by atoms with Crippen LogP contribution >= 0.6 is 22.9 Å². The average Bonchev–Trinajstić information content (AvgIpc) is 2.91. The fourth-order valence-electron chi connectivity index (χ4n) is 2.14. The number of hydrogen-bond acceptors (Lipinski definition) is 4. The summed E-state index contributed by atoms with van der Waals surface area (Å²) < 4.78 is 0. The van der Waals surface area contributed by atoms with Crippen LogP contribution in [0, 0.1) is 0 Å². The number of thiophene rings is 1. The van der Waals surface area contributed by atoms with Gasteiger partial charge < -0.3 is 5.32 Å². The summed E-state index contributed by atoms with van der Waals surface area (Å²) in [6, 6.07) is 8.55. The minimum Gasteiger partial charge on any atom is -0.357 e. The molecule has 0 fully saturated rings. The van der Waals surface area contributed by atoms with Crippen molar-refractivity contribution in [3.63, 3.8) is 0 Å². The van der Waals surface area contributed by atoms with Crippen molar-refractivity contribution in [2.75, 3.05) is 12.4 Å². The predicted octanol–water partition coefficient (Wildman–Crippen LogP) is 4.62. The fraction of sp³-hybridized carbons (Fsp3) is 0.200. The number of benzene rings is 1. The molecule has 2 heterocycles. The molecular weight excluding hydrogens is 290 g/mol. The first-order valence-electron chi connectivity index (χ1n) is 6.44. The number of rotatable bonds is 3. The maximum Gasteiger partial charge on any atom is 0.225 e. The topological polar surface area (TPSA) is 37.8 Å². The molecule has 0 unspecified atom stereocenters. The van der Waals surface area contributed by atoms with Crippen LogP contribution in [0.3, 0.4) is 0 Å². The second-order valence-electron chi connectivity index (χ2n) is 4.47. The quantitative estimate of drug-likeness (QED) is 0.718. The van der Waals surface area contributed by atoms with E-state index in [0.29, 0.717) is 11.1 Å². The molecule has 0 atom stereocenters. The second kappa shape index (κ2) is 5.38. The van der Waals surface area contributed by atoms with Crippen molar-refractivity contribution in [2.24, 2.45) is 0 Å². The van der Waals surface area contributed by atoms with E-state index in [1.807, 2.05) is 0 Å². The Morgan fingerprint density at radius 2 is 1.95 bits per heavy atom. The van der Waals surface area contributed by atoms with E-state index in [9.17, 15) is 0 Å². The summed E-state index contributed by atoms with van der Waals surface area (Å²) >= 11 is 7.90. The zero-order chi connectivity index (χ0) is 14.1. The third kappa shape index (κ3) is 2.25. The molecule has 0 radical (unpaired) electrons. The van der Waals surface area contributed by atoms with E-state index in [1.54, 1.807) is 18.4 Å². The van der Waals surface area contributed by atoms with Crippen LogP contribution in [0.25, 0.3) is 21.3 Å². The smallest absolute Gasteiger partial charge is 0.225 e. The number of aryl methyl sites for hydroxylation is 1. The fourth-order valence-corrected chi connectivity index (χ4v) is 3.42. The zero-order valence-corrected chi connectivity index (χ0v) is 12.8. The predicted molar refractivity (Wildman–Crippen MR) is 86.8 cm³/mol. The Hall–Kier alpha value is -1.65. The van der Waals surface area contributed by atoms with Crippen molar-refractivity contribution in [3.8, 4) is 11.1 Å². The number of nitrogens with zero attached hydrogens (tertiary/aromatic N) is 2. The lowest BCUT2D eigenvalue weighted by Gasteiger charge is -2.04. The van der Waals surface area contributed by atoms with Gasteiger partial charge >= 0.3 is 0 Å². The lowest BCUT2D eigenvalue weighted by molar-refractivity contribution is 1.14. The lowest BCUT2D eigenvalue weighted by Crippen LogP contribution is -1.95. The molecule has 0 bridgehead atoms. The summed E-state index contributed by atoms with van der Waals surface area (Å²) in [5.74, 6) is 0.553. The van der Waals surface area contributed by atoms with Crippen LogP contribution in [0.1, 0.15) is 12.5 Å². The van der Waals surface area contributed by atoms with E-state index in [1.165, 1.54) is 5.56 Å². The minimum absolute atomic E-state index is 0.496. The molecule has 0 aliphatic rings. The van der Waals surface area contributed by atoms with Gasteiger partial charge in [0.05, 0.1) is 5.39 Å². The van der Waals surface area contributed by atoms with Crippen molar-refractivity contribution >= 4 is 39.1 Å². The van der Waals surface area contributed by atoms with Crippen molar-refractivity contribution in [2.45, 2.75) is 13.3 Å². The second-order valence-corrected chi connectivity index (χ2v) is 5.68. The molecule has 2 aromatic heterocycles. The molecular formula is C15H14ClN3S. The highest BCUT2D eigenvalue weighted by molar-refractivity contribution is 7.17. The molecule has 1 aromatic carbocycles. The first-order valence-corrected chi connectivity index (χ1v) is 7.70. The van der Waals surface area contributed by atoms with Crippen LogP contribution in [0.5, 0.6) is 0 Å². The highest BCUT2D eigenvalue weighted by atomic mass is 35.5. The Labute approximate surface area is 126 Å². The molecule has 3 rings (SSSR count). The Balaban J connectivity index is 2.16. The van der Waals surface area contributed by atoms with Gasteiger partial charge in [0.1, 0.15) is 9.98 Å². The zero-order valence-electron chi connectivity index (χ0n) is 11.3. The molecule has 3 nitrogen and oxygen atoms in total. The third-order valence-electron chi connectivity index (χ3n) is 3.29. The van der Waals surface area contributed by atoms with Gasteiger partial charge in [-0.15, -0.1) is 11.3 Å². The SMILES string of the molecule is CCc1ccc(-c2csc3nc(NC)nc(Cl)c23)cc1. The summed E-state index contributed by atoms with van der Waals surface area (Å²) in [7, 11) is 1.79. The van der Waals surface area contributed by atoms with Crippen LogP contribution in [0.2, 0.25) is 5.15 Å².